The summed E-state index contributed by atoms with van der Waals surface area (Å²) in [7, 11) is 0. The van der Waals surface area contributed by atoms with Crippen LogP contribution < -0.4 is 21.7 Å². The van der Waals surface area contributed by atoms with Gasteiger partial charge >= 0.3 is 5.97 Å². The quantitative estimate of drug-likeness (QED) is 0.0931. The third kappa shape index (κ3) is 8.12. The van der Waals surface area contributed by atoms with Gasteiger partial charge in [0.1, 0.15) is 18.1 Å². The summed E-state index contributed by atoms with van der Waals surface area (Å²) in [6.45, 7) is 0. The summed E-state index contributed by atoms with van der Waals surface area (Å²) < 4.78 is 0. The van der Waals surface area contributed by atoms with Crippen molar-refractivity contribution in [1.29, 1.82) is 0 Å². The number of aliphatic carboxylic acids is 1. The number of nitrogens with one attached hydrogen (secondary N) is 5. The van der Waals surface area contributed by atoms with Crippen LogP contribution in [0.3, 0.4) is 0 Å². The average molecular weight is 625 g/mol. The average Bonchev–Trinajstić information content (AvgIpc) is 3.61. The van der Waals surface area contributed by atoms with E-state index in [0.29, 0.717) is 12.2 Å². The Hall–Kier alpha value is -3.94. The van der Waals surface area contributed by atoms with Gasteiger partial charge in [-0.2, -0.15) is 24.4 Å². The monoisotopic (exact) mass is 624 g/mol. The molecule has 0 bridgehead atoms. The Morgan fingerprint density at radius 1 is 0.814 bits per heavy atom. The van der Waals surface area contributed by atoms with E-state index >= 15 is 0 Å². The molecule has 43 heavy (non-hydrogen) atoms. The molecule has 4 rings (SSSR count). The molecule has 3 amide bonds. The van der Waals surface area contributed by atoms with Gasteiger partial charge in [0.25, 0.3) is 0 Å². The van der Waals surface area contributed by atoms with Crippen LogP contribution in [0.5, 0.6) is 0 Å². The molecule has 4 unspecified atom stereocenters. The predicted octanol–water partition coefficient (Wildman–Crippen LogP) is 1.98. The van der Waals surface area contributed by atoms with E-state index in [2.05, 4.69) is 38.5 Å². The summed E-state index contributed by atoms with van der Waals surface area (Å²) in [4.78, 5) is 58.3. The van der Waals surface area contributed by atoms with Crippen molar-refractivity contribution in [2.24, 2.45) is 5.73 Å². The van der Waals surface area contributed by atoms with E-state index in [9.17, 15) is 24.3 Å². The molecule has 11 nitrogen and oxygen atoms in total. The van der Waals surface area contributed by atoms with E-state index in [0.717, 1.165) is 32.9 Å². The molecule has 0 fully saturated rings. The molecule has 0 saturated heterocycles. The van der Waals surface area contributed by atoms with Crippen LogP contribution in [0.15, 0.2) is 60.9 Å². The second-order valence-electron chi connectivity index (χ2n) is 10.2. The SMILES string of the molecule is CSCCC(NC(=O)C(N)CS)C(=O)NC(Cc1c[nH]c2ccccc12)C(=O)NC(Cc1c[nH]c2ccccc12)C(=O)O. The number of aromatic amines is 2. The Morgan fingerprint density at radius 3 is 1.84 bits per heavy atom. The number of carboxylic acid groups (broad SMARTS) is 1. The maximum Gasteiger partial charge on any atom is 0.326 e. The number of hydrogen-bond acceptors (Lipinski definition) is 7. The van der Waals surface area contributed by atoms with Crippen molar-refractivity contribution in [3.05, 3.63) is 72.1 Å². The number of thioether (sulfide) groups is 1. The third-order valence-electron chi connectivity index (χ3n) is 7.22. The number of fused-ring (bicyclic) bond motifs is 2. The fraction of sp³-hybridized carbons (Fsp3) is 0.333. The van der Waals surface area contributed by atoms with Crippen LogP contribution in [0.1, 0.15) is 17.5 Å². The molecule has 4 atom stereocenters. The first-order valence-corrected chi connectivity index (χ1v) is 15.8. The number of benzene rings is 2. The molecule has 2 aromatic heterocycles. The van der Waals surface area contributed by atoms with Crippen LogP contribution in [0.4, 0.5) is 0 Å². The Morgan fingerprint density at radius 2 is 1.30 bits per heavy atom. The summed E-state index contributed by atoms with van der Waals surface area (Å²) in [5.74, 6) is -2.30. The van der Waals surface area contributed by atoms with Gasteiger partial charge in [0, 0.05) is 52.8 Å². The Balaban J connectivity index is 1.58. The number of rotatable bonds is 15. The Labute approximate surface area is 258 Å². The summed E-state index contributed by atoms with van der Waals surface area (Å²) in [5.41, 5.74) is 9.02. The zero-order chi connectivity index (χ0) is 30.9. The lowest BCUT2D eigenvalue weighted by Gasteiger charge is -2.25. The second kappa shape index (κ2) is 15.0. The molecule has 0 spiro atoms. The lowest BCUT2D eigenvalue weighted by Crippen LogP contribution is -2.58. The van der Waals surface area contributed by atoms with Gasteiger partial charge in [-0.15, -0.1) is 0 Å². The fourth-order valence-corrected chi connectivity index (χ4v) is 5.50. The van der Waals surface area contributed by atoms with Gasteiger partial charge < -0.3 is 36.8 Å². The minimum absolute atomic E-state index is 0.0346. The van der Waals surface area contributed by atoms with E-state index in [-0.39, 0.29) is 18.6 Å². The number of thiol groups is 1. The molecule has 8 N–H and O–H groups in total. The van der Waals surface area contributed by atoms with Gasteiger partial charge in [-0.05, 0) is 41.7 Å². The number of carbonyl (C=O) groups is 4. The minimum Gasteiger partial charge on any atom is -0.480 e. The first-order chi connectivity index (χ1) is 20.7. The van der Waals surface area contributed by atoms with Crippen LogP contribution in [-0.4, -0.2) is 80.7 Å². The summed E-state index contributed by atoms with van der Waals surface area (Å²) in [6, 6.07) is 10.8. The molecule has 0 aliphatic heterocycles. The summed E-state index contributed by atoms with van der Waals surface area (Å²) in [6.07, 6.45) is 5.79. The first kappa shape index (κ1) is 32.0. The molecular formula is C30H36N6O5S2. The number of carboxylic acids is 1. The smallest absolute Gasteiger partial charge is 0.326 e. The van der Waals surface area contributed by atoms with E-state index in [1.807, 2.05) is 54.8 Å². The normalized spacial score (nSPS) is 14.1. The van der Waals surface area contributed by atoms with E-state index in [4.69, 9.17) is 5.73 Å². The summed E-state index contributed by atoms with van der Waals surface area (Å²) >= 11 is 5.57. The van der Waals surface area contributed by atoms with Gasteiger partial charge in [0.05, 0.1) is 6.04 Å². The predicted molar refractivity (Wildman–Crippen MR) is 172 cm³/mol. The van der Waals surface area contributed by atoms with Crippen molar-refractivity contribution in [3.63, 3.8) is 0 Å². The Bertz CT molecular complexity index is 1590. The second-order valence-corrected chi connectivity index (χ2v) is 11.6. The van der Waals surface area contributed by atoms with Crippen LogP contribution >= 0.6 is 24.4 Å². The molecular weight excluding hydrogens is 589 g/mol. The van der Waals surface area contributed by atoms with Crippen molar-refractivity contribution in [1.82, 2.24) is 25.9 Å². The maximum atomic E-state index is 13.7. The van der Waals surface area contributed by atoms with E-state index in [1.54, 1.807) is 12.4 Å². The Kier molecular flexibility index (Phi) is 11.1. The zero-order valence-electron chi connectivity index (χ0n) is 23.6. The maximum absolute atomic E-state index is 13.7. The zero-order valence-corrected chi connectivity index (χ0v) is 25.3. The highest BCUT2D eigenvalue weighted by Gasteiger charge is 2.31. The minimum atomic E-state index is -1.26. The number of carbonyl (C=O) groups excluding carboxylic acids is 3. The molecule has 2 aromatic carbocycles. The van der Waals surface area contributed by atoms with Crippen molar-refractivity contribution in [2.45, 2.75) is 43.4 Å². The lowest BCUT2D eigenvalue weighted by atomic mass is 10.0. The van der Waals surface area contributed by atoms with Crippen LogP contribution in [0.2, 0.25) is 0 Å². The number of H-pyrrole nitrogens is 2. The molecule has 4 aromatic rings. The first-order valence-electron chi connectivity index (χ1n) is 13.8. The van der Waals surface area contributed by atoms with Crippen molar-refractivity contribution in [3.8, 4) is 0 Å². The van der Waals surface area contributed by atoms with Crippen molar-refractivity contribution in [2.75, 3.05) is 17.8 Å². The highest BCUT2D eigenvalue weighted by atomic mass is 32.2. The van der Waals surface area contributed by atoms with Crippen LogP contribution in [0, 0.1) is 0 Å². The van der Waals surface area contributed by atoms with Gasteiger partial charge in [-0.3, -0.25) is 14.4 Å². The van der Waals surface area contributed by atoms with Crippen molar-refractivity contribution < 1.29 is 24.3 Å². The molecule has 0 saturated carbocycles. The van der Waals surface area contributed by atoms with Crippen LogP contribution in [-0.2, 0) is 32.0 Å². The van der Waals surface area contributed by atoms with E-state index in [1.165, 1.54) is 11.8 Å². The summed E-state index contributed by atoms with van der Waals surface area (Å²) in [5, 5.41) is 19.8. The number of aromatic nitrogens is 2. The lowest BCUT2D eigenvalue weighted by molar-refractivity contribution is -0.142. The highest BCUT2D eigenvalue weighted by Crippen LogP contribution is 2.21. The van der Waals surface area contributed by atoms with Gasteiger partial charge in [0.15, 0.2) is 0 Å². The standard InChI is InChI=1S/C30H36N6O5S2/c1-43-11-10-24(34-27(37)21(31)16-42)28(38)35-25(12-17-14-32-22-8-4-2-6-19(17)22)29(39)36-26(30(40)41)13-18-15-33-23-9-5-3-7-20(18)23/h2-9,14-15,21,24-26,32-33,42H,10-13,16,31H2,1H3,(H,34,37)(H,35,38)(H,36,39)(H,40,41). The molecule has 228 valence electrons. The van der Waals surface area contributed by atoms with Crippen LogP contribution in [0.25, 0.3) is 21.8 Å². The van der Waals surface area contributed by atoms with Gasteiger partial charge in [-0.25, -0.2) is 4.79 Å². The molecule has 0 aliphatic rings. The topological polar surface area (TPSA) is 182 Å². The highest BCUT2D eigenvalue weighted by molar-refractivity contribution is 7.98. The molecule has 2 heterocycles. The van der Waals surface area contributed by atoms with Gasteiger partial charge in [0.2, 0.25) is 17.7 Å². The molecule has 0 radical (unpaired) electrons. The van der Waals surface area contributed by atoms with Crippen molar-refractivity contribution >= 4 is 69.9 Å². The van der Waals surface area contributed by atoms with Gasteiger partial charge in [-0.1, -0.05) is 36.4 Å². The molecule has 13 heteroatoms. The number of amides is 3. The van der Waals surface area contributed by atoms with E-state index < -0.39 is 47.9 Å². The fourth-order valence-electron chi connectivity index (χ4n) is 4.86. The largest absolute Gasteiger partial charge is 0.480 e. The number of para-hydroxylation sites is 2. The molecule has 0 aliphatic carbocycles. The number of nitrogens with two attached hydrogens (primary N) is 1. The third-order valence-corrected chi connectivity index (χ3v) is 8.26. The number of hydrogen-bond donors (Lipinski definition) is 8.